The Morgan fingerprint density at radius 3 is 2.86 bits per heavy atom. The zero-order valence-electron chi connectivity index (χ0n) is 8.37. The van der Waals surface area contributed by atoms with E-state index in [1.54, 1.807) is 17.6 Å². The van der Waals surface area contributed by atoms with Crippen LogP contribution >= 0.6 is 11.3 Å². The smallest absolute Gasteiger partial charge is 0.182 e. The van der Waals surface area contributed by atoms with Crippen LogP contribution in [-0.2, 0) is 10.8 Å². The first-order valence-corrected chi connectivity index (χ1v) is 7.00. The zero-order chi connectivity index (χ0) is 10.2. The Hall–Kier alpha value is -0.420. The molecule has 78 valence electrons. The normalized spacial score (nSPS) is 20.4. The molecular weight excluding hydrogens is 216 g/mol. The molecule has 1 aliphatic carbocycles. The molecule has 0 aromatic carbocycles. The number of nitrogens with zero attached hydrogens (tertiary/aromatic N) is 1. The Labute approximate surface area is 90.4 Å². The molecule has 0 saturated heterocycles. The van der Waals surface area contributed by atoms with Gasteiger partial charge in [-0.05, 0) is 19.8 Å². The minimum atomic E-state index is -0.717. The number of aromatic nitrogens is 1. The van der Waals surface area contributed by atoms with Crippen LogP contribution in [0.15, 0.2) is 6.20 Å². The third-order valence-corrected chi connectivity index (χ3v) is 5.24. The Morgan fingerprint density at radius 1 is 1.71 bits per heavy atom. The van der Waals surface area contributed by atoms with Gasteiger partial charge in [0.15, 0.2) is 5.13 Å². The Balaban J connectivity index is 1.92. The summed E-state index contributed by atoms with van der Waals surface area (Å²) >= 11 is 1.65. The van der Waals surface area contributed by atoms with Crippen LogP contribution in [0.3, 0.4) is 0 Å². The van der Waals surface area contributed by atoms with Gasteiger partial charge >= 0.3 is 0 Å². The summed E-state index contributed by atoms with van der Waals surface area (Å²) < 4.78 is 11.4. The van der Waals surface area contributed by atoms with Gasteiger partial charge in [0.05, 0.1) is 4.75 Å². The summed E-state index contributed by atoms with van der Waals surface area (Å²) in [7, 11) is -0.717. The SMILES string of the molecule is Cc1cnc(NCC2(S(C)=O)CC2)s1. The largest absolute Gasteiger partial charge is 0.360 e. The van der Waals surface area contributed by atoms with Crippen molar-refractivity contribution in [1.82, 2.24) is 4.98 Å². The molecule has 1 unspecified atom stereocenters. The molecule has 0 amide bonds. The molecule has 0 aliphatic heterocycles. The molecule has 1 aliphatic rings. The molecule has 5 heteroatoms. The summed E-state index contributed by atoms with van der Waals surface area (Å²) in [6, 6.07) is 0. The van der Waals surface area contributed by atoms with Gasteiger partial charge < -0.3 is 5.32 Å². The topological polar surface area (TPSA) is 42.0 Å². The molecule has 0 bridgehead atoms. The average Bonchev–Trinajstić information content (AvgIpc) is 2.82. The molecule has 2 rings (SSSR count). The van der Waals surface area contributed by atoms with Gasteiger partial charge in [0.1, 0.15) is 0 Å². The van der Waals surface area contributed by atoms with Crippen LogP contribution in [-0.4, -0.2) is 26.7 Å². The second kappa shape index (κ2) is 3.62. The summed E-state index contributed by atoms with van der Waals surface area (Å²) in [5.74, 6) is 0. The van der Waals surface area contributed by atoms with Gasteiger partial charge in [0.2, 0.25) is 0 Å². The first kappa shape index (κ1) is 10.1. The van der Waals surface area contributed by atoms with Crippen LogP contribution < -0.4 is 5.32 Å². The molecular formula is C9H14N2OS2. The maximum Gasteiger partial charge on any atom is 0.182 e. The molecule has 1 saturated carbocycles. The van der Waals surface area contributed by atoms with E-state index in [1.165, 1.54) is 4.88 Å². The standard InChI is InChI=1S/C9H14N2OS2/c1-7-5-10-8(13-7)11-6-9(3-4-9)14(2)12/h5H,3-4,6H2,1-2H3,(H,10,11). The van der Waals surface area contributed by atoms with Gasteiger partial charge in [-0.15, -0.1) is 11.3 Å². The quantitative estimate of drug-likeness (QED) is 0.857. The van der Waals surface area contributed by atoms with Crippen molar-refractivity contribution in [2.24, 2.45) is 0 Å². The van der Waals surface area contributed by atoms with E-state index in [2.05, 4.69) is 10.3 Å². The van der Waals surface area contributed by atoms with Gasteiger partial charge in [0, 0.05) is 34.7 Å². The highest BCUT2D eigenvalue weighted by Crippen LogP contribution is 2.41. The highest BCUT2D eigenvalue weighted by Gasteiger charge is 2.46. The zero-order valence-corrected chi connectivity index (χ0v) is 10.0. The highest BCUT2D eigenvalue weighted by molar-refractivity contribution is 7.86. The van der Waals surface area contributed by atoms with Crippen molar-refractivity contribution in [3.8, 4) is 0 Å². The van der Waals surface area contributed by atoms with Gasteiger partial charge in [-0.3, -0.25) is 4.21 Å². The Bertz CT molecular complexity index is 357. The number of aryl methyl sites for hydroxylation is 1. The van der Waals surface area contributed by atoms with E-state index in [-0.39, 0.29) is 4.75 Å². The van der Waals surface area contributed by atoms with Crippen LogP contribution in [0.25, 0.3) is 0 Å². The lowest BCUT2D eigenvalue weighted by Gasteiger charge is -2.11. The van der Waals surface area contributed by atoms with Crippen LogP contribution in [0.1, 0.15) is 17.7 Å². The Morgan fingerprint density at radius 2 is 2.43 bits per heavy atom. The third-order valence-electron chi connectivity index (χ3n) is 2.60. The van der Waals surface area contributed by atoms with E-state index in [0.717, 1.165) is 24.5 Å². The van der Waals surface area contributed by atoms with Crippen molar-refractivity contribution in [2.75, 3.05) is 18.1 Å². The van der Waals surface area contributed by atoms with Crippen molar-refractivity contribution in [3.05, 3.63) is 11.1 Å². The molecule has 0 radical (unpaired) electrons. The van der Waals surface area contributed by atoms with Gasteiger partial charge in [-0.2, -0.15) is 0 Å². The van der Waals surface area contributed by atoms with Crippen molar-refractivity contribution >= 4 is 27.3 Å². The minimum Gasteiger partial charge on any atom is -0.360 e. The fraction of sp³-hybridized carbons (Fsp3) is 0.667. The predicted molar refractivity (Wildman–Crippen MR) is 61.4 cm³/mol. The van der Waals surface area contributed by atoms with E-state index in [9.17, 15) is 4.21 Å². The molecule has 1 aromatic rings. The van der Waals surface area contributed by atoms with Gasteiger partial charge in [-0.1, -0.05) is 0 Å². The number of rotatable bonds is 4. The first-order valence-electron chi connectivity index (χ1n) is 4.62. The van der Waals surface area contributed by atoms with Crippen molar-refractivity contribution in [1.29, 1.82) is 0 Å². The van der Waals surface area contributed by atoms with Crippen molar-refractivity contribution in [3.63, 3.8) is 0 Å². The molecule has 14 heavy (non-hydrogen) atoms. The number of anilines is 1. The summed E-state index contributed by atoms with van der Waals surface area (Å²) in [6.07, 6.45) is 5.80. The summed E-state index contributed by atoms with van der Waals surface area (Å²) in [5.41, 5.74) is 0. The molecule has 1 atom stereocenters. The average molecular weight is 230 g/mol. The molecule has 1 fully saturated rings. The first-order chi connectivity index (χ1) is 6.62. The lowest BCUT2D eigenvalue weighted by atomic mass is 10.4. The van der Waals surface area contributed by atoms with E-state index < -0.39 is 10.8 Å². The highest BCUT2D eigenvalue weighted by atomic mass is 32.2. The summed E-state index contributed by atoms with van der Waals surface area (Å²) in [5, 5.41) is 4.21. The van der Waals surface area contributed by atoms with E-state index >= 15 is 0 Å². The number of hydrogen-bond acceptors (Lipinski definition) is 4. The molecule has 1 heterocycles. The van der Waals surface area contributed by atoms with E-state index in [0.29, 0.717) is 0 Å². The number of hydrogen-bond donors (Lipinski definition) is 1. The van der Waals surface area contributed by atoms with Crippen LogP contribution in [0.2, 0.25) is 0 Å². The molecule has 3 nitrogen and oxygen atoms in total. The molecule has 0 spiro atoms. The predicted octanol–water partition coefficient (Wildman–Crippen LogP) is 1.77. The van der Waals surface area contributed by atoms with Crippen molar-refractivity contribution in [2.45, 2.75) is 24.5 Å². The van der Waals surface area contributed by atoms with Crippen molar-refractivity contribution < 1.29 is 4.21 Å². The fourth-order valence-corrected chi connectivity index (χ4v) is 2.99. The maximum absolute atomic E-state index is 11.4. The summed E-state index contributed by atoms with van der Waals surface area (Å²) in [6.45, 7) is 2.83. The van der Waals surface area contributed by atoms with Gasteiger partial charge in [-0.25, -0.2) is 4.98 Å². The molecule has 1 aromatic heterocycles. The van der Waals surface area contributed by atoms with Crippen LogP contribution in [0, 0.1) is 6.92 Å². The number of nitrogens with one attached hydrogen (secondary N) is 1. The Kier molecular flexibility index (Phi) is 2.62. The lowest BCUT2D eigenvalue weighted by molar-refractivity contribution is 0.674. The fourth-order valence-electron chi connectivity index (χ4n) is 1.38. The van der Waals surface area contributed by atoms with E-state index in [1.807, 2.05) is 13.1 Å². The van der Waals surface area contributed by atoms with Crippen LogP contribution in [0.5, 0.6) is 0 Å². The lowest BCUT2D eigenvalue weighted by Crippen LogP contribution is -2.25. The molecule has 1 N–H and O–H groups in total. The minimum absolute atomic E-state index is 0.0412. The van der Waals surface area contributed by atoms with Crippen LogP contribution in [0.4, 0.5) is 5.13 Å². The second-order valence-corrected chi connectivity index (χ2v) is 6.78. The maximum atomic E-state index is 11.4. The third kappa shape index (κ3) is 1.98. The monoisotopic (exact) mass is 230 g/mol. The van der Waals surface area contributed by atoms with Gasteiger partial charge in [0.25, 0.3) is 0 Å². The van der Waals surface area contributed by atoms with E-state index in [4.69, 9.17) is 0 Å². The summed E-state index contributed by atoms with van der Waals surface area (Å²) in [4.78, 5) is 5.42. The number of thiazole rings is 1. The second-order valence-electron chi connectivity index (χ2n) is 3.77.